The Balaban J connectivity index is 1.39. The van der Waals surface area contributed by atoms with Crippen LogP contribution in [0.3, 0.4) is 0 Å². The van der Waals surface area contributed by atoms with Crippen LogP contribution in [-0.4, -0.2) is 36.9 Å². The van der Waals surface area contributed by atoms with Gasteiger partial charge < -0.3 is 20.1 Å². The smallest absolute Gasteiger partial charge is 0.488 e. The third-order valence-electron chi connectivity index (χ3n) is 5.02. The van der Waals surface area contributed by atoms with Gasteiger partial charge in [0.15, 0.2) is 0 Å². The number of halogens is 3. The highest BCUT2D eigenvalue weighted by molar-refractivity contribution is 5.90. The SMILES string of the molecule is O=C1CC[C@H](C(=O)NC[C@H]2Cc3cc(-c4cccc(OC(F)(F)F)c4)ccc3O2)N1. The van der Waals surface area contributed by atoms with Crippen molar-refractivity contribution in [2.24, 2.45) is 0 Å². The van der Waals surface area contributed by atoms with E-state index < -0.39 is 12.4 Å². The van der Waals surface area contributed by atoms with E-state index in [9.17, 15) is 22.8 Å². The molecule has 0 aromatic heterocycles. The van der Waals surface area contributed by atoms with Crippen LogP contribution in [0.15, 0.2) is 42.5 Å². The fraction of sp³-hybridized carbons (Fsp3) is 0.333. The lowest BCUT2D eigenvalue weighted by Crippen LogP contribution is -2.44. The van der Waals surface area contributed by atoms with E-state index in [1.165, 1.54) is 18.2 Å². The van der Waals surface area contributed by atoms with Crippen LogP contribution >= 0.6 is 0 Å². The molecule has 0 saturated carbocycles. The number of alkyl halides is 3. The Morgan fingerprint density at radius 2 is 2.00 bits per heavy atom. The number of carbonyl (C=O) groups excluding carboxylic acids is 2. The zero-order valence-electron chi connectivity index (χ0n) is 15.8. The average molecular weight is 420 g/mol. The highest BCUT2D eigenvalue weighted by Crippen LogP contribution is 2.34. The zero-order valence-corrected chi connectivity index (χ0v) is 15.8. The lowest BCUT2D eigenvalue weighted by atomic mass is 10.0. The monoisotopic (exact) mass is 420 g/mol. The molecule has 2 amide bonds. The second-order valence-electron chi connectivity index (χ2n) is 7.25. The third-order valence-corrected chi connectivity index (χ3v) is 5.02. The first-order valence-electron chi connectivity index (χ1n) is 9.50. The van der Waals surface area contributed by atoms with Crippen molar-refractivity contribution in [2.75, 3.05) is 6.54 Å². The van der Waals surface area contributed by atoms with E-state index in [0.717, 1.165) is 11.1 Å². The summed E-state index contributed by atoms with van der Waals surface area (Å²) in [5, 5.41) is 5.41. The minimum atomic E-state index is -4.75. The summed E-state index contributed by atoms with van der Waals surface area (Å²) >= 11 is 0. The fourth-order valence-corrected chi connectivity index (χ4v) is 3.63. The maximum Gasteiger partial charge on any atom is 0.573 e. The molecule has 2 aromatic carbocycles. The molecule has 1 saturated heterocycles. The molecule has 0 radical (unpaired) electrons. The number of hydrogen-bond acceptors (Lipinski definition) is 4. The second-order valence-corrected chi connectivity index (χ2v) is 7.25. The predicted octanol–water partition coefficient (Wildman–Crippen LogP) is 2.95. The van der Waals surface area contributed by atoms with E-state index in [4.69, 9.17) is 4.74 Å². The molecule has 2 aliphatic heterocycles. The van der Waals surface area contributed by atoms with Crippen molar-refractivity contribution in [1.29, 1.82) is 0 Å². The van der Waals surface area contributed by atoms with Crippen molar-refractivity contribution in [1.82, 2.24) is 10.6 Å². The quantitative estimate of drug-likeness (QED) is 0.780. The van der Waals surface area contributed by atoms with Gasteiger partial charge in [0.25, 0.3) is 0 Å². The molecular weight excluding hydrogens is 401 g/mol. The molecule has 158 valence electrons. The van der Waals surface area contributed by atoms with Gasteiger partial charge in [-0.05, 0) is 47.4 Å². The topological polar surface area (TPSA) is 76.7 Å². The molecule has 4 rings (SSSR count). The normalized spacial score (nSPS) is 20.3. The van der Waals surface area contributed by atoms with Crippen molar-refractivity contribution in [3.05, 3.63) is 48.0 Å². The second kappa shape index (κ2) is 7.89. The van der Waals surface area contributed by atoms with Crippen molar-refractivity contribution in [3.8, 4) is 22.6 Å². The Bertz CT molecular complexity index is 977. The summed E-state index contributed by atoms with van der Waals surface area (Å²) in [6, 6.07) is 10.7. The zero-order chi connectivity index (χ0) is 21.3. The maximum atomic E-state index is 12.5. The molecule has 9 heteroatoms. The molecular formula is C21H19F3N2O4. The Morgan fingerprint density at radius 3 is 2.73 bits per heavy atom. The van der Waals surface area contributed by atoms with Gasteiger partial charge in [-0.15, -0.1) is 13.2 Å². The minimum Gasteiger partial charge on any atom is -0.488 e. The molecule has 1 fully saturated rings. The van der Waals surface area contributed by atoms with Crippen molar-refractivity contribution >= 4 is 11.8 Å². The Hall–Kier alpha value is -3.23. The Kier molecular flexibility index (Phi) is 5.27. The van der Waals surface area contributed by atoms with Gasteiger partial charge in [0.2, 0.25) is 11.8 Å². The van der Waals surface area contributed by atoms with Gasteiger partial charge in [0, 0.05) is 12.8 Å². The number of nitrogens with one attached hydrogen (secondary N) is 2. The van der Waals surface area contributed by atoms with Crippen molar-refractivity contribution in [2.45, 2.75) is 37.8 Å². The predicted molar refractivity (Wildman–Crippen MR) is 101 cm³/mol. The molecule has 2 aliphatic rings. The molecule has 30 heavy (non-hydrogen) atoms. The van der Waals surface area contributed by atoms with Gasteiger partial charge in [0.05, 0.1) is 6.54 Å². The van der Waals surface area contributed by atoms with Gasteiger partial charge in [-0.2, -0.15) is 0 Å². The highest BCUT2D eigenvalue weighted by atomic mass is 19.4. The lowest BCUT2D eigenvalue weighted by Gasteiger charge is -2.14. The first kappa shape index (κ1) is 20.1. The molecule has 0 bridgehead atoms. The number of fused-ring (bicyclic) bond motifs is 1. The van der Waals surface area contributed by atoms with Crippen LogP contribution < -0.4 is 20.1 Å². The maximum absolute atomic E-state index is 12.5. The van der Waals surface area contributed by atoms with E-state index >= 15 is 0 Å². The van der Waals surface area contributed by atoms with E-state index in [1.54, 1.807) is 18.2 Å². The van der Waals surface area contributed by atoms with Crippen LogP contribution in [0.25, 0.3) is 11.1 Å². The van der Waals surface area contributed by atoms with E-state index in [1.807, 2.05) is 6.07 Å². The van der Waals surface area contributed by atoms with Gasteiger partial charge in [0.1, 0.15) is 23.6 Å². The number of ether oxygens (including phenoxy) is 2. The fourth-order valence-electron chi connectivity index (χ4n) is 3.63. The molecule has 0 aliphatic carbocycles. The Labute approximate surface area is 170 Å². The Morgan fingerprint density at radius 1 is 1.20 bits per heavy atom. The molecule has 2 heterocycles. The van der Waals surface area contributed by atoms with Crippen LogP contribution in [0.4, 0.5) is 13.2 Å². The molecule has 0 unspecified atom stereocenters. The molecule has 6 nitrogen and oxygen atoms in total. The molecule has 2 aromatic rings. The summed E-state index contributed by atoms with van der Waals surface area (Å²) in [4.78, 5) is 23.3. The van der Waals surface area contributed by atoms with Gasteiger partial charge in [-0.3, -0.25) is 9.59 Å². The van der Waals surface area contributed by atoms with E-state index in [-0.39, 0.29) is 23.7 Å². The third kappa shape index (κ3) is 4.67. The summed E-state index contributed by atoms with van der Waals surface area (Å²) in [5.41, 5.74) is 2.24. The summed E-state index contributed by atoms with van der Waals surface area (Å²) in [6.07, 6.45) is -3.61. The van der Waals surface area contributed by atoms with Gasteiger partial charge in [-0.25, -0.2) is 0 Å². The van der Waals surface area contributed by atoms with Crippen LogP contribution in [0.2, 0.25) is 0 Å². The number of amides is 2. The molecule has 0 spiro atoms. The van der Waals surface area contributed by atoms with Crippen LogP contribution in [0.5, 0.6) is 11.5 Å². The molecule has 2 N–H and O–H groups in total. The summed E-state index contributed by atoms with van der Waals surface area (Å²) < 4.78 is 47.2. The highest BCUT2D eigenvalue weighted by Gasteiger charge is 2.31. The van der Waals surface area contributed by atoms with E-state index in [2.05, 4.69) is 15.4 Å². The van der Waals surface area contributed by atoms with Gasteiger partial charge in [-0.1, -0.05) is 18.2 Å². The molecule has 2 atom stereocenters. The number of hydrogen-bond donors (Lipinski definition) is 2. The van der Waals surface area contributed by atoms with Crippen molar-refractivity contribution in [3.63, 3.8) is 0 Å². The lowest BCUT2D eigenvalue weighted by molar-refractivity contribution is -0.274. The number of carbonyl (C=O) groups is 2. The largest absolute Gasteiger partial charge is 0.573 e. The van der Waals surface area contributed by atoms with Crippen LogP contribution in [0, 0.1) is 0 Å². The van der Waals surface area contributed by atoms with Crippen molar-refractivity contribution < 1.29 is 32.2 Å². The van der Waals surface area contributed by atoms with Crippen LogP contribution in [0.1, 0.15) is 18.4 Å². The first-order valence-corrected chi connectivity index (χ1v) is 9.50. The van der Waals surface area contributed by atoms with Gasteiger partial charge >= 0.3 is 6.36 Å². The minimum absolute atomic E-state index is 0.128. The summed E-state index contributed by atoms with van der Waals surface area (Å²) in [7, 11) is 0. The standard InChI is InChI=1S/C21H19F3N2O4/c22-21(23,24)30-15-3-1-2-12(9-15)13-4-6-18-14(8-13)10-16(29-18)11-25-20(28)17-5-7-19(27)26-17/h1-4,6,8-9,16-17H,5,7,10-11H2,(H,25,28)(H,26,27)/t16-,17-/m1/s1. The summed E-state index contributed by atoms with van der Waals surface area (Å²) in [6.45, 7) is 0.296. The number of rotatable bonds is 5. The van der Waals surface area contributed by atoms with Crippen LogP contribution in [-0.2, 0) is 16.0 Å². The first-order chi connectivity index (χ1) is 14.3. The number of benzene rings is 2. The average Bonchev–Trinajstić information content (AvgIpc) is 3.30. The van der Waals surface area contributed by atoms with E-state index in [0.29, 0.717) is 37.1 Å². The summed E-state index contributed by atoms with van der Waals surface area (Å²) in [5.74, 6) is 0.0330.